The van der Waals surface area contributed by atoms with Crippen molar-refractivity contribution in [1.82, 2.24) is 24.9 Å². The standard InChI is InChI=1S/C30H26Cl3FN8S/c1-2-41-9-7-20(8-10-41)42-16-25(39-40-42)30(26-5-6-27(33)43-26)38-19-11-21-28(37-18-3-4-24(34)22(31)12-18)17(14-35)15-36-29(21)23(32)13-19/h3-6,11-13,15-16,20,30,38H,2,7-10H2,1H3,(H,36,37)/t30-/m1/s1. The predicted octanol–water partition coefficient (Wildman–Crippen LogP) is 8.46. The summed E-state index contributed by atoms with van der Waals surface area (Å²) in [6, 6.07) is 13.8. The Hall–Kier alpha value is -3.46. The summed E-state index contributed by atoms with van der Waals surface area (Å²) in [7, 11) is 0. The predicted molar refractivity (Wildman–Crippen MR) is 171 cm³/mol. The second-order valence-corrected chi connectivity index (χ2v) is 12.8. The molecule has 1 saturated heterocycles. The quantitative estimate of drug-likeness (QED) is 0.173. The van der Waals surface area contributed by atoms with Gasteiger partial charge in [-0.15, -0.1) is 16.4 Å². The van der Waals surface area contributed by atoms with Crippen molar-refractivity contribution in [2.24, 2.45) is 0 Å². The lowest BCUT2D eigenvalue weighted by atomic mass is 10.1. The molecule has 0 spiro atoms. The molecular formula is C30H26Cl3FN8S. The maximum absolute atomic E-state index is 13.8. The van der Waals surface area contributed by atoms with Crippen molar-refractivity contribution in [1.29, 1.82) is 5.26 Å². The van der Waals surface area contributed by atoms with Gasteiger partial charge >= 0.3 is 0 Å². The van der Waals surface area contributed by atoms with E-state index >= 15 is 0 Å². The number of aromatic nitrogens is 4. The maximum atomic E-state index is 13.8. The van der Waals surface area contributed by atoms with Crippen molar-refractivity contribution in [2.45, 2.75) is 31.8 Å². The summed E-state index contributed by atoms with van der Waals surface area (Å²) in [5, 5.41) is 26.7. The van der Waals surface area contributed by atoms with Crippen LogP contribution in [0.15, 0.2) is 54.9 Å². The number of pyridine rings is 1. The molecule has 3 aromatic heterocycles. The summed E-state index contributed by atoms with van der Waals surface area (Å²) in [4.78, 5) is 7.84. The van der Waals surface area contributed by atoms with Crippen molar-refractivity contribution in [2.75, 3.05) is 30.3 Å². The van der Waals surface area contributed by atoms with Crippen LogP contribution < -0.4 is 10.6 Å². The van der Waals surface area contributed by atoms with Gasteiger partial charge in [0.15, 0.2) is 0 Å². The number of anilines is 3. The number of hydrogen-bond acceptors (Lipinski definition) is 8. The van der Waals surface area contributed by atoms with Gasteiger partial charge in [0.1, 0.15) is 23.6 Å². The molecule has 2 aromatic carbocycles. The van der Waals surface area contributed by atoms with E-state index in [0.717, 1.165) is 43.0 Å². The van der Waals surface area contributed by atoms with E-state index in [2.05, 4.69) is 43.8 Å². The van der Waals surface area contributed by atoms with Crippen LogP contribution in [0.25, 0.3) is 10.9 Å². The summed E-state index contributed by atoms with van der Waals surface area (Å²) in [5.41, 5.74) is 3.20. The summed E-state index contributed by atoms with van der Waals surface area (Å²) < 4.78 is 16.4. The highest BCUT2D eigenvalue weighted by molar-refractivity contribution is 7.16. The van der Waals surface area contributed by atoms with Crippen LogP contribution in [0, 0.1) is 17.1 Å². The zero-order valence-electron chi connectivity index (χ0n) is 23.0. The molecule has 5 aromatic rings. The van der Waals surface area contributed by atoms with Crippen molar-refractivity contribution in [3.63, 3.8) is 0 Å². The second kappa shape index (κ2) is 12.6. The SMILES string of the molecule is CCN1CCC(n2cc([C@@H](Nc3cc(Cl)c4ncc(C#N)c(Nc5ccc(F)c(Cl)c5)c4c3)c3ccc(Cl)s3)nn2)CC1. The number of hydrogen-bond donors (Lipinski definition) is 2. The third-order valence-electron chi connectivity index (χ3n) is 7.63. The average molecular weight is 656 g/mol. The minimum Gasteiger partial charge on any atom is -0.372 e. The first-order valence-corrected chi connectivity index (χ1v) is 15.7. The fraction of sp³-hybridized carbons (Fsp3) is 0.267. The number of nitriles is 1. The molecule has 4 heterocycles. The minimum absolute atomic E-state index is 0.0383. The van der Waals surface area contributed by atoms with Gasteiger partial charge in [-0.2, -0.15) is 5.26 Å². The van der Waals surface area contributed by atoms with E-state index in [0.29, 0.717) is 42.9 Å². The van der Waals surface area contributed by atoms with E-state index in [9.17, 15) is 9.65 Å². The van der Waals surface area contributed by atoms with Gasteiger partial charge in [0.25, 0.3) is 0 Å². The first-order valence-electron chi connectivity index (χ1n) is 13.7. The Kier molecular flexibility index (Phi) is 8.71. The number of benzene rings is 2. The lowest BCUT2D eigenvalue weighted by Crippen LogP contribution is -2.34. The number of likely N-dealkylation sites (tertiary alicyclic amines) is 1. The van der Waals surface area contributed by atoms with Crippen LogP contribution in [0.5, 0.6) is 0 Å². The first-order chi connectivity index (χ1) is 20.8. The van der Waals surface area contributed by atoms with E-state index in [1.165, 1.54) is 29.7 Å². The zero-order valence-corrected chi connectivity index (χ0v) is 26.1. The number of fused-ring (bicyclic) bond motifs is 1. The molecule has 8 nitrogen and oxygen atoms in total. The molecule has 0 bridgehead atoms. The largest absolute Gasteiger partial charge is 0.372 e. The molecule has 1 fully saturated rings. The Balaban J connectivity index is 1.37. The van der Waals surface area contributed by atoms with E-state index in [1.54, 1.807) is 12.1 Å². The van der Waals surface area contributed by atoms with Gasteiger partial charge in [-0.3, -0.25) is 4.98 Å². The Morgan fingerprint density at radius 1 is 1.09 bits per heavy atom. The summed E-state index contributed by atoms with van der Waals surface area (Å²) in [5.74, 6) is -0.537. The van der Waals surface area contributed by atoms with Crippen LogP contribution in [-0.2, 0) is 0 Å². The normalized spacial score (nSPS) is 15.0. The third-order valence-corrected chi connectivity index (χ3v) is 9.50. The maximum Gasteiger partial charge on any atom is 0.141 e. The van der Waals surface area contributed by atoms with Crippen LogP contribution in [0.2, 0.25) is 14.4 Å². The average Bonchev–Trinajstić information content (AvgIpc) is 3.68. The number of nitrogens with one attached hydrogen (secondary N) is 2. The second-order valence-electron chi connectivity index (χ2n) is 10.3. The molecular weight excluding hydrogens is 630 g/mol. The summed E-state index contributed by atoms with van der Waals surface area (Å²) in [6.07, 6.45) is 5.49. The molecule has 43 heavy (non-hydrogen) atoms. The molecule has 0 unspecified atom stereocenters. The Morgan fingerprint density at radius 2 is 1.88 bits per heavy atom. The van der Waals surface area contributed by atoms with Crippen molar-refractivity contribution < 1.29 is 4.39 Å². The van der Waals surface area contributed by atoms with Crippen LogP contribution in [0.3, 0.4) is 0 Å². The number of thiophene rings is 1. The molecule has 1 aliphatic rings. The van der Waals surface area contributed by atoms with Crippen LogP contribution in [0.1, 0.15) is 48.0 Å². The molecule has 2 N–H and O–H groups in total. The highest BCUT2D eigenvalue weighted by atomic mass is 35.5. The molecule has 0 radical (unpaired) electrons. The third kappa shape index (κ3) is 6.28. The molecule has 0 saturated carbocycles. The molecule has 0 aliphatic carbocycles. The highest BCUT2D eigenvalue weighted by Crippen LogP contribution is 2.38. The minimum atomic E-state index is -0.537. The first kappa shape index (κ1) is 29.6. The number of piperidine rings is 1. The molecule has 13 heteroatoms. The van der Waals surface area contributed by atoms with E-state index in [1.807, 2.05) is 29.1 Å². The van der Waals surface area contributed by atoms with Crippen molar-refractivity contribution in [3.05, 3.63) is 91.2 Å². The number of nitrogens with zero attached hydrogens (tertiary/aromatic N) is 6. The van der Waals surface area contributed by atoms with E-state index in [-0.39, 0.29) is 17.1 Å². The lowest BCUT2D eigenvalue weighted by molar-refractivity contribution is 0.186. The summed E-state index contributed by atoms with van der Waals surface area (Å²) >= 11 is 20.6. The van der Waals surface area contributed by atoms with Crippen molar-refractivity contribution in [3.8, 4) is 6.07 Å². The van der Waals surface area contributed by atoms with Gasteiger partial charge in [-0.1, -0.05) is 46.9 Å². The number of halogens is 4. The van der Waals surface area contributed by atoms with E-state index in [4.69, 9.17) is 34.8 Å². The van der Waals surface area contributed by atoms with Gasteiger partial charge in [-0.25, -0.2) is 9.07 Å². The fourth-order valence-corrected chi connectivity index (χ4v) is 6.90. The van der Waals surface area contributed by atoms with Crippen molar-refractivity contribution >= 4 is 74.1 Å². The molecule has 220 valence electrons. The smallest absolute Gasteiger partial charge is 0.141 e. The molecule has 6 rings (SSSR count). The lowest BCUT2D eigenvalue weighted by Gasteiger charge is -2.30. The van der Waals surface area contributed by atoms with Gasteiger partial charge in [0.05, 0.1) is 43.4 Å². The topological polar surface area (TPSA) is 94.7 Å². The van der Waals surface area contributed by atoms with Gasteiger partial charge in [-0.05, 0) is 61.9 Å². The van der Waals surface area contributed by atoms with Crippen LogP contribution in [0.4, 0.5) is 21.5 Å². The summed E-state index contributed by atoms with van der Waals surface area (Å²) in [6.45, 7) is 5.31. The fourth-order valence-electron chi connectivity index (χ4n) is 5.32. The van der Waals surface area contributed by atoms with Gasteiger partial charge < -0.3 is 15.5 Å². The molecule has 0 amide bonds. The monoisotopic (exact) mass is 654 g/mol. The molecule has 1 atom stereocenters. The Morgan fingerprint density at radius 3 is 2.58 bits per heavy atom. The zero-order chi connectivity index (χ0) is 30.1. The highest BCUT2D eigenvalue weighted by Gasteiger charge is 2.25. The van der Waals surface area contributed by atoms with Gasteiger partial charge in [0, 0.05) is 40.9 Å². The Labute approximate surface area is 267 Å². The Bertz CT molecular complexity index is 1830. The molecule has 1 aliphatic heterocycles. The van der Waals surface area contributed by atoms with Gasteiger partial charge in [0.2, 0.25) is 0 Å². The number of rotatable bonds is 8. The van der Waals surface area contributed by atoms with Crippen LogP contribution in [-0.4, -0.2) is 44.5 Å². The van der Waals surface area contributed by atoms with E-state index < -0.39 is 5.82 Å². The van der Waals surface area contributed by atoms with Crippen LogP contribution >= 0.6 is 46.1 Å².